The van der Waals surface area contributed by atoms with Gasteiger partial charge >= 0.3 is 0 Å². The van der Waals surface area contributed by atoms with Gasteiger partial charge in [0.05, 0.1) is 0 Å². The van der Waals surface area contributed by atoms with Gasteiger partial charge in [-0.15, -0.1) is 12.4 Å². The Morgan fingerprint density at radius 2 is 2.10 bits per heavy atom. The molecule has 0 radical (unpaired) electrons. The SMILES string of the molecule is CNC(C)Cc1noc(-c2cccc(CN(C)C)c2)n1.Cl. The Kier molecular flexibility index (Phi) is 6.81. The number of hydrogen-bond acceptors (Lipinski definition) is 5. The van der Waals surface area contributed by atoms with E-state index in [9.17, 15) is 0 Å². The van der Waals surface area contributed by atoms with Crippen LogP contribution in [-0.2, 0) is 13.0 Å². The fourth-order valence-corrected chi connectivity index (χ4v) is 2.00. The molecule has 1 unspecified atom stereocenters. The molecule has 0 bridgehead atoms. The van der Waals surface area contributed by atoms with Gasteiger partial charge in [-0.3, -0.25) is 0 Å². The summed E-state index contributed by atoms with van der Waals surface area (Å²) in [6.07, 6.45) is 0.761. The Morgan fingerprint density at radius 3 is 2.76 bits per heavy atom. The maximum absolute atomic E-state index is 5.35. The molecule has 0 saturated carbocycles. The molecule has 1 heterocycles. The van der Waals surface area contributed by atoms with Gasteiger partial charge in [0.15, 0.2) is 5.82 Å². The first-order valence-electron chi connectivity index (χ1n) is 6.82. The summed E-state index contributed by atoms with van der Waals surface area (Å²) >= 11 is 0. The Labute approximate surface area is 132 Å². The first-order chi connectivity index (χ1) is 9.58. The average Bonchev–Trinajstić information content (AvgIpc) is 2.86. The third-order valence-corrected chi connectivity index (χ3v) is 3.12. The molecule has 0 spiro atoms. The molecule has 1 aromatic carbocycles. The number of hydrogen-bond donors (Lipinski definition) is 1. The van der Waals surface area contributed by atoms with Gasteiger partial charge in [-0.05, 0) is 45.8 Å². The van der Waals surface area contributed by atoms with E-state index in [1.807, 2.05) is 19.2 Å². The van der Waals surface area contributed by atoms with Gasteiger partial charge < -0.3 is 14.7 Å². The average molecular weight is 311 g/mol. The van der Waals surface area contributed by atoms with Crippen LogP contribution in [0.1, 0.15) is 18.3 Å². The lowest BCUT2D eigenvalue weighted by atomic mass is 10.1. The molecule has 0 aliphatic carbocycles. The summed E-state index contributed by atoms with van der Waals surface area (Å²) in [7, 11) is 6.03. The minimum Gasteiger partial charge on any atom is -0.334 e. The van der Waals surface area contributed by atoms with Crippen molar-refractivity contribution in [2.75, 3.05) is 21.1 Å². The highest BCUT2D eigenvalue weighted by Gasteiger charge is 2.11. The monoisotopic (exact) mass is 310 g/mol. The largest absolute Gasteiger partial charge is 0.334 e. The lowest BCUT2D eigenvalue weighted by molar-refractivity contribution is 0.402. The van der Waals surface area contributed by atoms with E-state index in [4.69, 9.17) is 4.52 Å². The Morgan fingerprint density at radius 1 is 1.33 bits per heavy atom. The molecule has 5 nitrogen and oxygen atoms in total. The van der Waals surface area contributed by atoms with Gasteiger partial charge in [0.25, 0.3) is 5.89 Å². The molecule has 0 aliphatic heterocycles. The van der Waals surface area contributed by atoms with E-state index in [2.05, 4.69) is 53.5 Å². The smallest absolute Gasteiger partial charge is 0.257 e. The summed E-state index contributed by atoms with van der Waals surface area (Å²) in [5.41, 5.74) is 2.20. The first kappa shape index (κ1) is 17.6. The summed E-state index contributed by atoms with van der Waals surface area (Å²) in [5, 5.41) is 7.20. The molecule has 2 rings (SSSR count). The fourth-order valence-electron chi connectivity index (χ4n) is 2.00. The van der Waals surface area contributed by atoms with Crippen molar-refractivity contribution in [1.82, 2.24) is 20.4 Å². The lowest BCUT2D eigenvalue weighted by Gasteiger charge is -2.09. The molecule has 1 aromatic heterocycles. The Hall–Kier alpha value is -1.43. The lowest BCUT2D eigenvalue weighted by Crippen LogP contribution is -2.24. The molecule has 116 valence electrons. The molecule has 0 amide bonds. The molecule has 2 aromatic rings. The van der Waals surface area contributed by atoms with Crippen molar-refractivity contribution < 1.29 is 4.52 Å². The summed E-state index contributed by atoms with van der Waals surface area (Å²) in [5.74, 6) is 1.32. The number of likely N-dealkylation sites (N-methyl/N-ethyl adjacent to an activating group) is 1. The first-order valence-corrected chi connectivity index (χ1v) is 6.82. The van der Waals surface area contributed by atoms with Crippen LogP contribution in [0.25, 0.3) is 11.5 Å². The topological polar surface area (TPSA) is 54.2 Å². The van der Waals surface area contributed by atoms with Gasteiger partial charge in [0.2, 0.25) is 0 Å². The van der Waals surface area contributed by atoms with E-state index >= 15 is 0 Å². The van der Waals surface area contributed by atoms with E-state index in [0.717, 1.165) is 24.4 Å². The fraction of sp³-hybridized carbons (Fsp3) is 0.467. The van der Waals surface area contributed by atoms with E-state index in [1.165, 1.54) is 5.56 Å². The van der Waals surface area contributed by atoms with Crippen LogP contribution in [0.15, 0.2) is 28.8 Å². The van der Waals surface area contributed by atoms with Crippen molar-refractivity contribution in [3.63, 3.8) is 0 Å². The van der Waals surface area contributed by atoms with Crippen molar-refractivity contribution >= 4 is 12.4 Å². The third-order valence-electron chi connectivity index (χ3n) is 3.12. The third kappa shape index (κ3) is 5.12. The second-order valence-electron chi connectivity index (χ2n) is 5.35. The molecular weight excluding hydrogens is 288 g/mol. The van der Waals surface area contributed by atoms with Crippen molar-refractivity contribution in [2.24, 2.45) is 0 Å². The zero-order valence-corrected chi connectivity index (χ0v) is 13.8. The normalized spacial score (nSPS) is 12.2. The minimum atomic E-state index is 0. The van der Waals surface area contributed by atoms with Crippen LogP contribution in [0.3, 0.4) is 0 Å². The molecule has 21 heavy (non-hydrogen) atoms. The van der Waals surface area contributed by atoms with Crippen LogP contribution in [0, 0.1) is 0 Å². The summed E-state index contributed by atoms with van der Waals surface area (Å²) in [6.45, 7) is 2.99. The highest BCUT2D eigenvalue weighted by molar-refractivity contribution is 5.85. The van der Waals surface area contributed by atoms with Crippen LogP contribution in [0.2, 0.25) is 0 Å². The quantitative estimate of drug-likeness (QED) is 0.887. The number of aromatic nitrogens is 2. The van der Waals surface area contributed by atoms with Crippen molar-refractivity contribution in [3.8, 4) is 11.5 Å². The van der Waals surface area contributed by atoms with Crippen LogP contribution < -0.4 is 5.32 Å². The standard InChI is InChI=1S/C15H22N4O.ClH/c1-11(16-2)8-14-17-15(20-18-14)13-7-5-6-12(9-13)10-19(3)4;/h5-7,9,11,16H,8,10H2,1-4H3;1H. The molecular formula is C15H23ClN4O. The number of rotatable bonds is 6. The van der Waals surface area contributed by atoms with Crippen LogP contribution in [-0.4, -0.2) is 42.2 Å². The number of nitrogens with one attached hydrogen (secondary N) is 1. The highest BCUT2D eigenvalue weighted by atomic mass is 35.5. The number of halogens is 1. The highest BCUT2D eigenvalue weighted by Crippen LogP contribution is 2.19. The predicted octanol–water partition coefficient (Wildman–Crippen LogP) is 2.37. The second-order valence-corrected chi connectivity index (χ2v) is 5.35. The van der Waals surface area contributed by atoms with E-state index < -0.39 is 0 Å². The van der Waals surface area contributed by atoms with Crippen LogP contribution >= 0.6 is 12.4 Å². The zero-order valence-electron chi connectivity index (χ0n) is 13.0. The van der Waals surface area contributed by atoms with Crippen LogP contribution in [0.4, 0.5) is 0 Å². The Bertz CT molecular complexity index is 556. The van der Waals surface area contributed by atoms with Gasteiger partial charge in [0, 0.05) is 24.6 Å². The minimum absolute atomic E-state index is 0. The molecule has 1 N–H and O–H groups in total. The summed E-state index contributed by atoms with van der Waals surface area (Å²) < 4.78 is 5.35. The predicted molar refractivity (Wildman–Crippen MR) is 86.6 cm³/mol. The molecule has 1 atom stereocenters. The maximum atomic E-state index is 5.35. The van der Waals surface area contributed by atoms with Crippen molar-refractivity contribution in [2.45, 2.75) is 25.9 Å². The van der Waals surface area contributed by atoms with E-state index in [0.29, 0.717) is 11.9 Å². The van der Waals surface area contributed by atoms with Gasteiger partial charge in [-0.2, -0.15) is 4.98 Å². The second kappa shape index (κ2) is 8.12. The van der Waals surface area contributed by atoms with E-state index in [-0.39, 0.29) is 12.4 Å². The maximum Gasteiger partial charge on any atom is 0.257 e. The van der Waals surface area contributed by atoms with Crippen LogP contribution in [0.5, 0.6) is 0 Å². The van der Waals surface area contributed by atoms with Gasteiger partial charge in [0.1, 0.15) is 0 Å². The number of nitrogens with zero attached hydrogens (tertiary/aromatic N) is 3. The molecule has 0 saturated heterocycles. The van der Waals surface area contributed by atoms with E-state index in [1.54, 1.807) is 0 Å². The zero-order chi connectivity index (χ0) is 14.5. The Balaban J connectivity index is 0.00000220. The summed E-state index contributed by atoms with van der Waals surface area (Å²) in [4.78, 5) is 6.59. The van der Waals surface area contributed by atoms with Crippen molar-refractivity contribution in [1.29, 1.82) is 0 Å². The van der Waals surface area contributed by atoms with Gasteiger partial charge in [-0.1, -0.05) is 17.3 Å². The molecule has 6 heteroatoms. The van der Waals surface area contributed by atoms with Gasteiger partial charge in [-0.25, -0.2) is 0 Å². The van der Waals surface area contributed by atoms with Crippen molar-refractivity contribution in [3.05, 3.63) is 35.7 Å². The number of benzene rings is 1. The molecule has 0 fully saturated rings. The molecule has 0 aliphatic rings. The summed E-state index contributed by atoms with van der Waals surface area (Å²) in [6, 6.07) is 8.55.